The van der Waals surface area contributed by atoms with Crippen LogP contribution in [0.4, 0.5) is 0 Å². The van der Waals surface area contributed by atoms with E-state index in [1.54, 1.807) is 5.51 Å². The molecule has 1 amide bonds. The number of aromatic nitrogens is 1. The number of nitrogens with zero attached hydrogens (tertiary/aromatic N) is 1. The van der Waals surface area contributed by atoms with E-state index < -0.39 is 0 Å². The van der Waals surface area contributed by atoms with E-state index in [-0.39, 0.29) is 5.91 Å². The highest BCUT2D eigenvalue weighted by molar-refractivity contribution is 7.11. The first-order chi connectivity index (χ1) is 9.27. The Morgan fingerprint density at radius 1 is 1.58 bits per heavy atom. The maximum absolute atomic E-state index is 11.8. The second-order valence-electron chi connectivity index (χ2n) is 4.70. The molecule has 1 aromatic rings. The summed E-state index contributed by atoms with van der Waals surface area (Å²) >= 11 is 1.38. The minimum atomic E-state index is -0.0260. The van der Waals surface area contributed by atoms with Crippen LogP contribution in [0.5, 0.6) is 0 Å². The Labute approximate surface area is 117 Å². The van der Waals surface area contributed by atoms with Crippen molar-refractivity contribution in [3.8, 4) is 0 Å². The zero-order valence-corrected chi connectivity index (χ0v) is 12.1. The Morgan fingerprint density at radius 2 is 2.37 bits per heavy atom. The van der Waals surface area contributed by atoms with Gasteiger partial charge in [-0.05, 0) is 39.3 Å². The van der Waals surface area contributed by atoms with Crippen LogP contribution in [-0.4, -0.2) is 43.2 Å². The van der Waals surface area contributed by atoms with Crippen molar-refractivity contribution in [2.45, 2.75) is 32.3 Å². The number of thiazole rings is 1. The highest BCUT2D eigenvalue weighted by Gasteiger charge is 2.13. The molecule has 5 nitrogen and oxygen atoms in total. The number of hydrogen-bond donors (Lipinski definition) is 2. The molecule has 0 spiro atoms. The van der Waals surface area contributed by atoms with Crippen LogP contribution in [0.1, 0.15) is 34.6 Å². The Hall–Kier alpha value is -0.980. The summed E-state index contributed by atoms with van der Waals surface area (Å²) in [5.74, 6) is -0.0260. The van der Waals surface area contributed by atoms with Gasteiger partial charge in [0.1, 0.15) is 4.88 Å². The highest BCUT2D eigenvalue weighted by atomic mass is 32.1. The summed E-state index contributed by atoms with van der Waals surface area (Å²) < 4.78 is 5.78. The summed E-state index contributed by atoms with van der Waals surface area (Å²) in [6, 6.07) is 0. The fraction of sp³-hybridized carbons (Fsp3) is 0.692. The fourth-order valence-electron chi connectivity index (χ4n) is 2.09. The molecule has 1 aliphatic rings. The minimum absolute atomic E-state index is 0.0260. The van der Waals surface area contributed by atoms with E-state index in [1.807, 2.05) is 6.92 Å². The number of piperidine rings is 1. The highest BCUT2D eigenvalue weighted by Crippen LogP contribution is 2.11. The van der Waals surface area contributed by atoms with Crippen LogP contribution in [0.25, 0.3) is 0 Å². The molecule has 19 heavy (non-hydrogen) atoms. The van der Waals surface area contributed by atoms with E-state index in [0.29, 0.717) is 24.1 Å². The zero-order valence-electron chi connectivity index (χ0n) is 11.3. The standard InChI is InChI=1S/C13H21N3O2S/c1-10-12(19-9-16-10)13(17)15-5-2-8-18-11-3-6-14-7-4-11/h9,11,14H,2-8H2,1H3,(H,15,17). The Bertz CT molecular complexity index is 402. The third-order valence-corrected chi connectivity index (χ3v) is 4.13. The molecule has 1 saturated heterocycles. The van der Waals surface area contributed by atoms with E-state index in [2.05, 4.69) is 15.6 Å². The van der Waals surface area contributed by atoms with E-state index in [0.717, 1.165) is 38.0 Å². The van der Waals surface area contributed by atoms with Crippen molar-refractivity contribution in [2.75, 3.05) is 26.2 Å². The molecule has 0 atom stereocenters. The van der Waals surface area contributed by atoms with E-state index >= 15 is 0 Å². The SMILES string of the molecule is Cc1ncsc1C(=O)NCCCOC1CCNCC1. The summed E-state index contributed by atoms with van der Waals surface area (Å²) in [6.07, 6.45) is 3.42. The molecule has 0 aliphatic carbocycles. The second kappa shape index (κ2) is 7.57. The van der Waals surface area contributed by atoms with Gasteiger partial charge in [0.2, 0.25) is 0 Å². The fourth-order valence-corrected chi connectivity index (χ4v) is 2.81. The predicted octanol–water partition coefficient (Wildman–Crippen LogP) is 1.34. The van der Waals surface area contributed by atoms with Crippen molar-refractivity contribution in [3.05, 3.63) is 16.1 Å². The monoisotopic (exact) mass is 283 g/mol. The van der Waals surface area contributed by atoms with Gasteiger partial charge in [-0.3, -0.25) is 4.79 Å². The summed E-state index contributed by atoms with van der Waals surface area (Å²) in [7, 11) is 0. The number of amides is 1. The molecule has 2 rings (SSSR count). The molecule has 1 fully saturated rings. The number of ether oxygens (including phenoxy) is 1. The van der Waals surface area contributed by atoms with Gasteiger partial charge in [-0.1, -0.05) is 0 Å². The predicted molar refractivity (Wildman–Crippen MR) is 75.6 cm³/mol. The minimum Gasteiger partial charge on any atom is -0.378 e. The molecule has 1 aliphatic heterocycles. The van der Waals surface area contributed by atoms with Crippen LogP contribution in [0.3, 0.4) is 0 Å². The lowest BCUT2D eigenvalue weighted by atomic mass is 10.1. The number of carbonyl (C=O) groups excluding carboxylic acids is 1. The average molecular weight is 283 g/mol. The zero-order chi connectivity index (χ0) is 13.5. The van der Waals surface area contributed by atoms with Gasteiger partial charge in [-0.2, -0.15) is 0 Å². The van der Waals surface area contributed by atoms with Crippen LogP contribution in [-0.2, 0) is 4.74 Å². The van der Waals surface area contributed by atoms with Gasteiger partial charge in [0, 0.05) is 13.2 Å². The van der Waals surface area contributed by atoms with Gasteiger partial charge in [-0.15, -0.1) is 11.3 Å². The molecular weight excluding hydrogens is 262 g/mol. The van der Waals surface area contributed by atoms with Crippen LogP contribution >= 0.6 is 11.3 Å². The molecule has 0 saturated carbocycles. The number of aryl methyl sites for hydroxylation is 1. The first-order valence-electron chi connectivity index (χ1n) is 6.78. The van der Waals surface area contributed by atoms with Crippen LogP contribution < -0.4 is 10.6 Å². The molecular formula is C13H21N3O2S. The van der Waals surface area contributed by atoms with Crippen molar-refractivity contribution in [1.82, 2.24) is 15.6 Å². The first kappa shape index (κ1) is 14.4. The van der Waals surface area contributed by atoms with Gasteiger partial charge < -0.3 is 15.4 Å². The third-order valence-electron chi connectivity index (χ3n) is 3.20. The van der Waals surface area contributed by atoms with Gasteiger partial charge >= 0.3 is 0 Å². The first-order valence-corrected chi connectivity index (χ1v) is 7.66. The van der Waals surface area contributed by atoms with E-state index in [4.69, 9.17) is 4.74 Å². The Kier molecular flexibility index (Phi) is 5.75. The number of hydrogen-bond acceptors (Lipinski definition) is 5. The van der Waals surface area contributed by atoms with E-state index in [9.17, 15) is 4.79 Å². The molecule has 0 bridgehead atoms. The summed E-state index contributed by atoms with van der Waals surface area (Å²) in [5.41, 5.74) is 2.50. The van der Waals surface area contributed by atoms with Crippen LogP contribution in [0, 0.1) is 6.92 Å². The molecule has 106 valence electrons. The average Bonchev–Trinajstić information content (AvgIpc) is 2.86. The van der Waals surface area contributed by atoms with Gasteiger partial charge in [0.05, 0.1) is 17.3 Å². The molecule has 0 unspecified atom stereocenters. The Morgan fingerprint density at radius 3 is 3.05 bits per heavy atom. The van der Waals surface area contributed by atoms with Gasteiger partial charge in [0.25, 0.3) is 5.91 Å². The second-order valence-corrected chi connectivity index (χ2v) is 5.55. The lowest BCUT2D eigenvalue weighted by molar-refractivity contribution is 0.0318. The van der Waals surface area contributed by atoms with Crippen molar-refractivity contribution in [1.29, 1.82) is 0 Å². The van der Waals surface area contributed by atoms with Crippen molar-refractivity contribution < 1.29 is 9.53 Å². The quantitative estimate of drug-likeness (QED) is 0.773. The summed E-state index contributed by atoms with van der Waals surface area (Å²) in [4.78, 5) is 16.6. The smallest absolute Gasteiger partial charge is 0.263 e. The largest absolute Gasteiger partial charge is 0.378 e. The number of carbonyl (C=O) groups is 1. The van der Waals surface area contributed by atoms with Crippen molar-refractivity contribution in [3.63, 3.8) is 0 Å². The molecule has 0 aromatic carbocycles. The van der Waals surface area contributed by atoms with Crippen LogP contribution in [0.2, 0.25) is 0 Å². The van der Waals surface area contributed by atoms with Crippen molar-refractivity contribution >= 4 is 17.2 Å². The number of rotatable bonds is 6. The molecule has 2 N–H and O–H groups in total. The molecule has 0 radical (unpaired) electrons. The maximum atomic E-state index is 11.8. The number of nitrogens with one attached hydrogen (secondary N) is 2. The lowest BCUT2D eigenvalue weighted by Gasteiger charge is -2.22. The summed E-state index contributed by atoms with van der Waals surface area (Å²) in [6.45, 7) is 5.32. The molecule has 6 heteroatoms. The topological polar surface area (TPSA) is 63.2 Å². The van der Waals surface area contributed by atoms with Gasteiger partial charge in [-0.25, -0.2) is 4.98 Å². The molecule has 1 aromatic heterocycles. The lowest BCUT2D eigenvalue weighted by Crippen LogP contribution is -2.33. The summed E-state index contributed by atoms with van der Waals surface area (Å²) in [5, 5.41) is 6.21. The molecule has 2 heterocycles. The van der Waals surface area contributed by atoms with Crippen molar-refractivity contribution in [2.24, 2.45) is 0 Å². The Balaban J connectivity index is 1.56. The maximum Gasteiger partial charge on any atom is 0.263 e. The van der Waals surface area contributed by atoms with Crippen LogP contribution in [0.15, 0.2) is 5.51 Å². The van der Waals surface area contributed by atoms with Gasteiger partial charge in [0.15, 0.2) is 0 Å². The third kappa shape index (κ3) is 4.56. The van der Waals surface area contributed by atoms with E-state index in [1.165, 1.54) is 11.3 Å². The normalized spacial score (nSPS) is 16.5.